The number of alkyl carbamates (subject to hydrolysis) is 1. The van der Waals surface area contributed by atoms with Crippen molar-refractivity contribution in [1.82, 2.24) is 10.2 Å². The summed E-state index contributed by atoms with van der Waals surface area (Å²) < 4.78 is 5.24. The maximum absolute atomic E-state index is 13.7. The van der Waals surface area contributed by atoms with Gasteiger partial charge in [-0.2, -0.15) is 0 Å². The van der Waals surface area contributed by atoms with Crippen LogP contribution in [0, 0.1) is 26.2 Å². The smallest absolute Gasteiger partial charge is 0.408 e. The molecule has 196 valence electrons. The Morgan fingerprint density at radius 3 is 2.19 bits per heavy atom. The number of aryl methyl sites for hydroxylation is 2. The average Bonchev–Trinajstić information content (AvgIpc) is 2.79. The molecule has 0 spiro atoms. The fourth-order valence-corrected chi connectivity index (χ4v) is 3.82. The minimum atomic E-state index is -1.37. The third-order valence-corrected chi connectivity index (χ3v) is 5.52. The number of likely N-dealkylation sites (N-methyl/N-ethyl adjacent to an activating group) is 1. The van der Waals surface area contributed by atoms with E-state index in [1.807, 2.05) is 32.0 Å². The van der Waals surface area contributed by atoms with Crippen molar-refractivity contribution < 1.29 is 23.9 Å². The number of carbonyl (C=O) groups excluding carboxylic acids is 4. The number of ether oxygens (including phenoxy) is 1. The lowest BCUT2D eigenvalue weighted by molar-refractivity contribution is -0.140. The normalized spacial score (nSPS) is 12.5. The highest BCUT2D eigenvalue weighted by Crippen LogP contribution is 2.28. The quantitative estimate of drug-likeness (QED) is 0.473. The fourth-order valence-electron chi connectivity index (χ4n) is 3.82. The third kappa shape index (κ3) is 7.84. The highest BCUT2D eigenvalue weighted by molar-refractivity contribution is 6.00. The molecule has 2 unspecified atom stereocenters. The molecular formula is C28H34N4O5. The lowest BCUT2D eigenvalue weighted by atomic mass is 9.97. The first kappa shape index (κ1) is 28.9. The van der Waals surface area contributed by atoms with Crippen molar-refractivity contribution in [3.8, 4) is 12.3 Å². The first-order chi connectivity index (χ1) is 17.2. The van der Waals surface area contributed by atoms with E-state index in [9.17, 15) is 19.2 Å². The van der Waals surface area contributed by atoms with Gasteiger partial charge in [-0.05, 0) is 57.4 Å². The maximum Gasteiger partial charge on any atom is 0.408 e. The molecule has 0 aromatic heterocycles. The van der Waals surface area contributed by atoms with Crippen LogP contribution >= 0.6 is 0 Å². The summed E-state index contributed by atoms with van der Waals surface area (Å²) in [5, 5.41) is 5.31. The van der Waals surface area contributed by atoms with Crippen molar-refractivity contribution in [2.75, 3.05) is 12.4 Å². The van der Waals surface area contributed by atoms with E-state index in [2.05, 4.69) is 16.6 Å². The largest absolute Gasteiger partial charge is 0.444 e. The lowest BCUT2D eigenvalue weighted by Crippen LogP contribution is -2.52. The van der Waals surface area contributed by atoms with Gasteiger partial charge in [0.2, 0.25) is 11.8 Å². The number of rotatable bonds is 8. The average molecular weight is 507 g/mol. The van der Waals surface area contributed by atoms with Crippen LogP contribution in [0.15, 0.2) is 42.5 Å². The second kappa shape index (κ2) is 12.1. The third-order valence-electron chi connectivity index (χ3n) is 5.52. The number of para-hydroxylation sites is 1. The molecule has 0 saturated carbocycles. The van der Waals surface area contributed by atoms with Gasteiger partial charge in [-0.15, -0.1) is 6.42 Å². The van der Waals surface area contributed by atoms with E-state index >= 15 is 0 Å². The summed E-state index contributed by atoms with van der Waals surface area (Å²) in [6.07, 6.45) is 4.30. The van der Waals surface area contributed by atoms with Gasteiger partial charge in [0.05, 0.1) is 6.42 Å². The van der Waals surface area contributed by atoms with Crippen molar-refractivity contribution in [3.05, 3.63) is 64.7 Å². The summed E-state index contributed by atoms with van der Waals surface area (Å²) in [6, 6.07) is 9.77. The Morgan fingerprint density at radius 1 is 1.05 bits per heavy atom. The van der Waals surface area contributed by atoms with Gasteiger partial charge in [0, 0.05) is 18.3 Å². The van der Waals surface area contributed by atoms with E-state index < -0.39 is 47.9 Å². The van der Waals surface area contributed by atoms with Crippen LogP contribution in [0.25, 0.3) is 0 Å². The van der Waals surface area contributed by atoms with E-state index in [1.165, 1.54) is 7.05 Å². The van der Waals surface area contributed by atoms with Crippen LogP contribution in [-0.4, -0.2) is 47.4 Å². The molecular weight excluding hydrogens is 472 g/mol. The first-order valence-corrected chi connectivity index (χ1v) is 11.7. The predicted octanol–water partition coefficient (Wildman–Crippen LogP) is 3.19. The molecule has 0 radical (unpaired) electrons. The predicted molar refractivity (Wildman–Crippen MR) is 141 cm³/mol. The SMILES string of the molecule is C#Cc1ccccc1C(C(=O)Nc1c(C)cccc1C)N(C)C(=O)C(CC(N)=O)NC(=O)OC(C)(C)C. The first-order valence-electron chi connectivity index (χ1n) is 11.7. The molecule has 0 heterocycles. The summed E-state index contributed by atoms with van der Waals surface area (Å²) in [5.41, 5.74) is 7.62. The minimum Gasteiger partial charge on any atom is -0.444 e. The molecule has 9 nitrogen and oxygen atoms in total. The van der Waals surface area contributed by atoms with Gasteiger partial charge < -0.3 is 26.0 Å². The number of anilines is 1. The standard InChI is InChI=1S/C28H34N4O5/c1-8-19-14-9-10-15-20(19)24(25(34)31-23-17(2)12-11-13-18(23)3)32(7)26(35)21(16-22(29)33)30-27(36)37-28(4,5)6/h1,9-15,21,24H,16H2,2-7H3,(H2,29,33)(H,30,36)(H,31,34). The molecule has 2 aromatic carbocycles. The number of nitrogens with one attached hydrogen (secondary N) is 2. The van der Waals surface area contributed by atoms with Gasteiger partial charge in [-0.25, -0.2) is 4.79 Å². The highest BCUT2D eigenvalue weighted by Gasteiger charge is 2.36. The van der Waals surface area contributed by atoms with E-state index in [-0.39, 0.29) is 0 Å². The molecule has 9 heteroatoms. The van der Waals surface area contributed by atoms with Crippen molar-refractivity contribution >= 4 is 29.5 Å². The second-order valence-corrected chi connectivity index (χ2v) is 9.71. The van der Waals surface area contributed by atoms with Gasteiger partial charge in [0.25, 0.3) is 5.91 Å². The van der Waals surface area contributed by atoms with Crippen molar-refractivity contribution in [3.63, 3.8) is 0 Å². The molecule has 2 rings (SSSR count). The molecule has 0 bridgehead atoms. The zero-order valence-electron chi connectivity index (χ0n) is 22.0. The number of primary amides is 1. The molecule has 37 heavy (non-hydrogen) atoms. The van der Waals surface area contributed by atoms with Gasteiger partial charge >= 0.3 is 6.09 Å². The Labute approximate surface area is 217 Å². The molecule has 0 aliphatic carbocycles. The van der Waals surface area contributed by atoms with Crippen LogP contribution in [0.3, 0.4) is 0 Å². The van der Waals surface area contributed by atoms with E-state index in [0.717, 1.165) is 16.0 Å². The van der Waals surface area contributed by atoms with Gasteiger partial charge in [0.15, 0.2) is 0 Å². The van der Waals surface area contributed by atoms with E-state index in [0.29, 0.717) is 16.8 Å². The molecule has 4 amide bonds. The Morgan fingerprint density at radius 2 is 1.65 bits per heavy atom. The van der Waals surface area contributed by atoms with Crippen molar-refractivity contribution in [1.29, 1.82) is 0 Å². The summed E-state index contributed by atoms with van der Waals surface area (Å²) in [6.45, 7) is 8.70. The number of terminal acetylenes is 1. The monoisotopic (exact) mass is 506 g/mol. The second-order valence-electron chi connectivity index (χ2n) is 9.71. The number of carbonyl (C=O) groups is 4. The summed E-state index contributed by atoms with van der Waals surface area (Å²) in [4.78, 5) is 52.6. The van der Waals surface area contributed by atoms with Crippen LogP contribution in [0.4, 0.5) is 10.5 Å². The van der Waals surface area contributed by atoms with Crippen molar-refractivity contribution in [2.45, 2.75) is 58.7 Å². The zero-order chi connectivity index (χ0) is 27.9. The topological polar surface area (TPSA) is 131 Å². The molecule has 0 saturated heterocycles. The fraction of sp³-hybridized carbons (Fsp3) is 0.357. The minimum absolute atomic E-state index is 0.402. The molecule has 2 aromatic rings. The molecule has 0 fully saturated rings. The summed E-state index contributed by atoms with van der Waals surface area (Å²) >= 11 is 0. The number of nitrogens with zero attached hydrogens (tertiary/aromatic N) is 1. The van der Waals surface area contributed by atoms with Crippen LogP contribution in [0.5, 0.6) is 0 Å². The van der Waals surface area contributed by atoms with E-state index in [4.69, 9.17) is 16.9 Å². The van der Waals surface area contributed by atoms with Gasteiger partial charge in [-0.3, -0.25) is 14.4 Å². The lowest BCUT2D eigenvalue weighted by Gasteiger charge is -2.32. The van der Waals surface area contributed by atoms with Crippen LogP contribution in [0.1, 0.15) is 55.5 Å². The number of amides is 4. The van der Waals surface area contributed by atoms with E-state index in [1.54, 1.807) is 45.0 Å². The molecule has 0 aliphatic heterocycles. The number of nitrogens with two attached hydrogens (primary N) is 1. The summed E-state index contributed by atoms with van der Waals surface area (Å²) in [7, 11) is 1.40. The maximum atomic E-state index is 13.7. The Kier molecular flexibility index (Phi) is 9.44. The van der Waals surface area contributed by atoms with Gasteiger partial charge in [-0.1, -0.05) is 42.3 Å². The Bertz CT molecular complexity index is 1210. The molecule has 2 atom stereocenters. The van der Waals surface area contributed by atoms with Crippen LogP contribution < -0.4 is 16.4 Å². The molecule has 0 aliphatic rings. The Balaban J connectivity index is 2.50. The number of hydrogen-bond acceptors (Lipinski definition) is 5. The van der Waals surface area contributed by atoms with Gasteiger partial charge in [0.1, 0.15) is 17.7 Å². The number of hydrogen-bond donors (Lipinski definition) is 3. The zero-order valence-corrected chi connectivity index (χ0v) is 22.0. The highest BCUT2D eigenvalue weighted by atomic mass is 16.6. The van der Waals surface area contributed by atoms with Crippen LogP contribution in [-0.2, 0) is 19.1 Å². The van der Waals surface area contributed by atoms with Crippen LogP contribution in [0.2, 0.25) is 0 Å². The Hall–Kier alpha value is -4.32. The number of benzene rings is 2. The van der Waals surface area contributed by atoms with Crippen molar-refractivity contribution in [2.24, 2.45) is 5.73 Å². The molecule has 4 N–H and O–H groups in total. The summed E-state index contributed by atoms with van der Waals surface area (Å²) in [5.74, 6) is 0.486.